The summed E-state index contributed by atoms with van der Waals surface area (Å²) in [5.41, 5.74) is 9.20. The maximum atomic E-state index is 13.1. The number of aliphatic imine (C=N–C) groups is 1. The van der Waals surface area contributed by atoms with Gasteiger partial charge in [0.1, 0.15) is 17.8 Å². The SMILES string of the molecule is O=C1NNC2N=C(CN3CCN(c4ccc(F)cc4)CC3)Nc3cccc1c32. The van der Waals surface area contributed by atoms with Crippen molar-refractivity contribution in [1.82, 2.24) is 15.8 Å². The lowest BCUT2D eigenvalue weighted by atomic mass is 9.99. The molecule has 3 aliphatic heterocycles. The lowest BCUT2D eigenvalue weighted by Crippen LogP contribution is -2.50. The van der Waals surface area contributed by atoms with Gasteiger partial charge in [0.25, 0.3) is 5.91 Å². The molecular formula is C20H21FN6O. The Morgan fingerprint density at radius 1 is 1.07 bits per heavy atom. The van der Waals surface area contributed by atoms with Crippen LogP contribution in [0.4, 0.5) is 15.8 Å². The first-order chi connectivity index (χ1) is 13.7. The van der Waals surface area contributed by atoms with Gasteiger partial charge in [0, 0.05) is 48.7 Å². The molecule has 3 aliphatic rings. The van der Waals surface area contributed by atoms with Gasteiger partial charge in [-0.05, 0) is 36.4 Å². The zero-order chi connectivity index (χ0) is 19.1. The van der Waals surface area contributed by atoms with Crippen molar-refractivity contribution >= 4 is 23.1 Å². The van der Waals surface area contributed by atoms with Crippen molar-refractivity contribution in [2.45, 2.75) is 6.17 Å². The number of carbonyl (C=O) groups is 1. The van der Waals surface area contributed by atoms with Crippen LogP contribution in [-0.4, -0.2) is 49.4 Å². The molecule has 5 rings (SSSR count). The maximum absolute atomic E-state index is 13.1. The largest absolute Gasteiger partial charge is 0.369 e. The molecule has 1 unspecified atom stereocenters. The molecule has 0 spiro atoms. The number of nitrogens with one attached hydrogen (secondary N) is 3. The molecule has 1 amide bonds. The van der Waals surface area contributed by atoms with E-state index in [4.69, 9.17) is 4.99 Å². The van der Waals surface area contributed by atoms with Gasteiger partial charge in [-0.3, -0.25) is 15.1 Å². The van der Waals surface area contributed by atoms with E-state index in [-0.39, 0.29) is 17.9 Å². The minimum atomic E-state index is -0.263. The zero-order valence-electron chi connectivity index (χ0n) is 15.3. The van der Waals surface area contributed by atoms with Crippen molar-refractivity contribution in [2.24, 2.45) is 4.99 Å². The highest BCUT2D eigenvalue weighted by Crippen LogP contribution is 2.33. The number of hydrazine groups is 1. The average molecular weight is 380 g/mol. The van der Waals surface area contributed by atoms with E-state index >= 15 is 0 Å². The minimum Gasteiger partial charge on any atom is -0.369 e. The molecule has 8 heteroatoms. The molecule has 0 aromatic heterocycles. The molecule has 2 aromatic carbocycles. The molecule has 0 aliphatic carbocycles. The molecule has 2 aromatic rings. The summed E-state index contributed by atoms with van der Waals surface area (Å²) in [6.07, 6.45) is -0.263. The number of piperazine rings is 1. The fourth-order valence-corrected chi connectivity index (χ4v) is 3.99. The highest BCUT2D eigenvalue weighted by atomic mass is 19.1. The van der Waals surface area contributed by atoms with Crippen molar-refractivity contribution in [1.29, 1.82) is 0 Å². The number of amides is 1. The Balaban J connectivity index is 1.25. The second kappa shape index (κ2) is 6.88. The first-order valence-electron chi connectivity index (χ1n) is 9.43. The Labute approximate surface area is 162 Å². The molecule has 0 bridgehead atoms. The van der Waals surface area contributed by atoms with Crippen molar-refractivity contribution in [3.05, 3.63) is 59.4 Å². The number of hydrogen-bond acceptors (Lipinski definition) is 6. The van der Waals surface area contributed by atoms with Crippen LogP contribution in [0.15, 0.2) is 47.5 Å². The fraction of sp³-hybridized carbons (Fsp3) is 0.300. The summed E-state index contributed by atoms with van der Waals surface area (Å²) in [6, 6.07) is 12.3. The second-order valence-electron chi connectivity index (χ2n) is 7.21. The smallest absolute Gasteiger partial charge is 0.265 e. The Morgan fingerprint density at radius 2 is 1.86 bits per heavy atom. The molecule has 28 heavy (non-hydrogen) atoms. The van der Waals surface area contributed by atoms with Gasteiger partial charge in [-0.2, -0.15) is 0 Å². The summed E-state index contributed by atoms with van der Waals surface area (Å²) in [5.74, 6) is 0.540. The number of hydrogen-bond donors (Lipinski definition) is 3. The molecule has 3 heterocycles. The number of carbonyl (C=O) groups excluding carboxylic acids is 1. The van der Waals surface area contributed by atoms with E-state index < -0.39 is 0 Å². The van der Waals surface area contributed by atoms with E-state index in [2.05, 4.69) is 26.0 Å². The molecule has 1 saturated heterocycles. The monoisotopic (exact) mass is 380 g/mol. The van der Waals surface area contributed by atoms with Crippen molar-refractivity contribution in [3.8, 4) is 0 Å². The van der Waals surface area contributed by atoms with Gasteiger partial charge in [-0.15, -0.1) is 0 Å². The Morgan fingerprint density at radius 3 is 2.64 bits per heavy atom. The number of halogens is 1. The van der Waals surface area contributed by atoms with Gasteiger partial charge < -0.3 is 10.2 Å². The van der Waals surface area contributed by atoms with Crippen LogP contribution in [0.5, 0.6) is 0 Å². The standard InChI is InChI=1S/C20H21FN6O/c21-13-4-6-14(7-5-13)27-10-8-26(9-11-27)12-17-22-16-3-1-2-15-18(16)19(23-17)24-25-20(15)28/h1-7,19,24H,8-12H2,(H,22,23)(H,25,28). The third kappa shape index (κ3) is 3.10. The van der Waals surface area contributed by atoms with Crippen LogP contribution in [0.3, 0.4) is 0 Å². The number of rotatable bonds is 3. The van der Waals surface area contributed by atoms with E-state index in [1.807, 2.05) is 30.3 Å². The molecule has 7 nitrogen and oxygen atoms in total. The van der Waals surface area contributed by atoms with Crippen LogP contribution in [0.2, 0.25) is 0 Å². The molecule has 144 valence electrons. The van der Waals surface area contributed by atoms with Gasteiger partial charge >= 0.3 is 0 Å². The summed E-state index contributed by atoms with van der Waals surface area (Å²) in [5, 5.41) is 3.39. The number of amidine groups is 1. The second-order valence-corrected chi connectivity index (χ2v) is 7.21. The lowest BCUT2D eigenvalue weighted by molar-refractivity contribution is 0.0908. The minimum absolute atomic E-state index is 0.134. The molecule has 0 radical (unpaired) electrons. The predicted molar refractivity (Wildman–Crippen MR) is 106 cm³/mol. The number of anilines is 2. The van der Waals surface area contributed by atoms with Gasteiger partial charge in [0.15, 0.2) is 0 Å². The molecule has 3 N–H and O–H groups in total. The fourth-order valence-electron chi connectivity index (χ4n) is 3.99. The lowest BCUT2D eigenvalue weighted by Gasteiger charge is -2.37. The van der Waals surface area contributed by atoms with Gasteiger partial charge in [0.05, 0.1) is 6.54 Å². The molecule has 1 fully saturated rings. The van der Waals surface area contributed by atoms with Crippen LogP contribution < -0.4 is 21.1 Å². The first-order valence-corrected chi connectivity index (χ1v) is 9.43. The summed E-state index contributed by atoms with van der Waals surface area (Å²) in [6.45, 7) is 4.29. The van der Waals surface area contributed by atoms with Crippen LogP contribution in [0.25, 0.3) is 0 Å². The van der Waals surface area contributed by atoms with Crippen molar-refractivity contribution in [2.75, 3.05) is 42.9 Å². The average Bonchev–Trinajstić information content (AvgIpc) is 2.72. The molecule has 1 atom stereocenters. The van der Waals surface area contributed by atoms with Crippen LogP contribution >= 0.6 is 0 Å². The van der Waals surface area contributed by atoms with Gasteiger partial charge in [0.2, 0.25) is 0 Å². The maximum Gasteiger partial charge on any atom is 0.265 e. The third-order valence-electron chi connectivity index (χ3n) is 5.45. The number of nitrogens with zero attached hydrogens (tertiary/aromatic N) is 3. The van der Waals surface area contributed by atoms with Crippen LogP contribution in [0.1, 0.15) is 22.1 Å². The van der Waals surface area contributed by atoms with E-state index in [9.17, 15) is 9.18 Å². The Hall–Kier alpha value is -2.97. The topological polar surface area (TPSA) is 72.0 Å². The van der Waals surface area contributed by atoms with Crippen LogP contribution in [0, 0.1) is 5.82 Å². The van der Waals surface area contributed by atoms with Crippen LogP contribution in [-0.2, 0) is 0 Å². The zero-order valence-corrected chi connectivity index (χ0v) is 15.3. The quantitative estimate of drug-likeness (QED) is 0.756. The van der Waals surface area contributed by atoms with E-state index in [1.54, 1.807) is 0 Å². The number of benzene rings is 2. The summed E-state index contributed by atoms with van der Waals surface area (Å²) in [7, 11) is 0. The highest BCUT2D eigenvalue weighted by Gasteiger charge is 2.31. The normalized spacial score (nSPS) is 21.5. The summed E-state index contributed by atoms with van der Waals surface area (Å²) < 4.78 is 13.1. The Bertz CT molecular complexity index is 936. The highest BCUT2D eigenvalue weighted by molar-refractivity contribution is 6.04. The van der Waals surface area contributed by atoms with Crippen molar-refractivity contribution in [3.63, 3.8) is 0 Å². The molecule has 0 saturated carbocycles. The van der Waals surface area contributed by atoms with Gasteiger partial charge in [-0.1, -0.05) is 6.07 Å². The van der Waals surface area contributed by atoms with Crippen molar-refractivity contribution < 1.29 is 9.18 Å². The van der Waals surface area contributed by atoms with E-state index in [1.165, 1.54) is 12.1 Å². The first kappa shape index (κ1) is 17.2. The van der Waals surface area contributed by atoms with E-state index in [0.717, 1.165) is 49.0 Å². The summed E-state index contributed by atoms with van der Waals surface area (Å²) >= 11 is 0. The molecular weight excluding hydrogens is 359 g/mol. The third-order valence-corrected chi connectivity index (χ3v) is 5.45. The van der Waals surface area contributed by atoms with Gasteiger partial charge in [-0.25, -0.2) is 14.8 Å². The predicted octanol–water partition coefficient (Wildman–Crippen LogP) is 1.72. The summed E-state index contributed by atoms with van der Waals surface area (Å²) in [4.78, 5) is 21.4. The Kier molecular flexibility index (Phi) is 4.22. The van der Waals surface area contributed by atoms with E-state index in [0.29, 0.717) is 12.1 Å².